The monoisotopic (exact) mass is 368 g/mol. The number of benzene rings is 2. The van der Waals surface area contributed by atoms with Crippen molar-refractivity contribution in [3.63, 3.8) is 0 Å². The molecule has 0 saturated carbocycles. The van der Waals surface area contributed by atoms with E-state index in [2.05, 4.69) is 28.0 Å². The highest BCUT2D eigenvalue weighted by atomic mass is 16.5. The van der Waals surface area contributed by atoms with Crippen molar-refractivity contribution in [1.29, 1.82) is 5.26 Å². The molecule has 0 aliphatic carbocycles. The Morgan fingerprint density at radius 3 is 2.75 bits per heavy atom. The van der Waals surface area contributed by atoms with Gasteiger partial charge in [-0.1, -0.05) is 18.1 Å². The summed E-state index contributed by atoms with van der Waals surface area (Å²) in [5.74, 6) is 7.09. The largest absolute Gasteiger partial charge is 0.481 e. The molecule has 0 aliphatic heterocycles. The van der Waals surface area contributed by atoms with Crippen molar-refractivity contribution < 1.29 is 9.15 Å². The van der Waals surface area contributed by atoms with Gasteiger partial charge in [0.2, 0.25) is 0 Å². The summed E-state index contributed by atoms with van der Waals surface area (Å²) in [6.45, 7) is 2.11. The molecule has 4 aromatic rings. The Bertz CT molecular complexity index is 1190. The summed E-state index contributed by atoms with van der Waals surface area (Å²) < 4.78 is 13.5. The van der Waals surface area contributed by atoms with E-state index >= 15 is 0 Å². The van der Waals surface area contributed by atoms with Gasteiger partial charge in [0.25, 0.3) is 0 Å². The molecule has 1 unspecified atom stereocenters. The molecule has 6 heteroatoms. The Hall–Kier alpha value is -4.03. The average Bonchev–Trinajstić information content (AvgIpc) is 3.39. The number of furan rings is 1. The number of nitrogens with zero attached hydrogens (tertiary/aromatic N) is 4. The minimum absolute atomic E-state index is 0.294. The van der Waals surface area contributed by atoms with Crippen LogP contribution in [0.2, 0.25) is 0 Å². The van der Waals surface area contributed by atoms with Crippen LogP contribution in [-0.2, 0) is 0 Å². The molecule has 136 valence electrons. The van der Waals surface area contributed by atoms with Gasteiger partial charge < -0.3 is 9.15 Å². The second-order valence-corrected chi connectivity index (χ2v) is 6.08. The first-order valence-electron chi connectivity index (χ1n) is 8.68. The van der Waals surface area contributed by atoms with E-state index in [-0.39, 0.29) is 6.04 Å². The van der Waals surface area contributed by atoms with Crippen LogP contribution >= 0.6 is 0 Å². The van der Waals surface area contributed by atoms with Gasteiger partial charge in [0, 0.05) is 11.5 Å². The maximum absolute atomic E-state index is 9.05. The van der Waals surface area contributed by atoms with E-state index in [0.29, 0.717) is 17.9 Å². The fourth-order valence-electron chi connectivity index (χ4n) is 2.99. The summed E-state index contributed by atoms with van der Waals surface area (Å²) in [6.07, 6.45) is 3.13. The number of hydrogen-bond donors (Lipinski definition) is 0. The van der Waals surface area contributed by atoms with Crippen LogP contribution in [-0.4, -0.2) is 21.4 Å². The van der Waals surface area contributed by atoms with Crippen molar-refractivity contribution in [3.05, 3.63) is 78.1 Å². The lowest BCUT2D eigenvalue weighted by molar-refractivity contribution is 0.370. The van der Waals surface area contributed by atoms with Crippen molar-refractivity contribution in [3.8, 4) is 23.7 Å². The summed E-state index contributed by atoms with van der Waals surface area (Å²) in [5.41, 5.74) is 2.26. The summed E-state index contributed by atoms with van der Waals surface area (Å²) >= 11 is 0. The van der Waals surface area contributed by atoms with Crippen LogP contribution in [0.1, 0.15) is 29.9 Å². The van der Waals surface area contributed by atoms with E-state index in [4.69, 9.17) is 14.4 Å². The van der Waals surface area contributed by atoms with Crippen LogP contribution < -0.4 is 4.74 Å². The van der Waals surface area contributed by atoms with Crippen LogP contribution in [0.5, 0.6) is 5.75 Å². The van der Waals surface area contributed by atoms with E-state index in [9.17, 15) is 0 Å². The van der Waals surface area contributed by atoms with Gasteiger partial charge in [-0.3, -0.25) is 0 Å². The Morgan fingerprint density at radius 1 is 1.18 bits per heavy atom. The summed E-state index contributed by atoms with van der Waals surface area (Å²) in [4.78, 5) is 4.06. The molecule has 2 heterocycles. The second kappa shape index (κ2) is 7.69. The zero-order valence-corrected chi connectivity index (χ0v) is 15.2. The van der Waals surface area contributed by atoms with Gasteiger partial charge in [0.15, 0.2) is 0 Å². The van der Waals surface area contributed by atoms with Gasteiger partial charge in [0.05, 0.1) is 11.6 Å². The number of ether oxygens (including phenoxy) is 1. The predicted octanol–water partition coefficient (Wildman–Crippen LogP) is 3.94. The smallest absolute Gasteiger partial charge is 0.149 e. The second-order valence-electron chi connectivity index (χ2n) is 6.08. The van der Waals surface area contributed by atoms with Gasteiger partial charge in [-0.15, -0.1) is 5.92 Å². The molecule has 0 radical (unpaired) electrons. The first-order valence-corrected chi connectivity index (χ1v) is 8.68. The quantitative estimate of drug-likeness (QED) is 0.499. The molecular formula is C22H16N4O2. The molecule has 2 aromatic heterocycles. The fraction of sp³-hybridized carbons (Fsp3) is 0.136. The number of nitriles is 1. The Kier molecular flexibility index (Phi) is 4.78. The Labute approximate surface area is 162 Å². The number of aromatic nitrogens is 3. The minimum Gasteiger partial charge on any atom is -0.481 e. The standard InChI is InChI=1S/C22H16N4O2/c1-2-3-10-27-19-9-8-18-11-21(28-20(18)12-19)22(26-15-24-14-25-26)17-6-4-16(13-23)5-7-17/h4-9,11-12,14-15,22H,10H2,1H3. The molecule has 0 N–H and O–H groups in total. The topological polar surface area (TPSA) is 76.9 Å². The fourth-order valence-corrected chi connectivity index (χ4v) is 2.99. The van der Waals surface area contributed by atoms with Gasteiger partial charge in [0.1, 0.15) is 42.4 Å². The maximum atomic E-state index is 9.05. The van der Waals surface area contributed by atoms with Crippen LogP contribution in [0, 0.1) is 23.2 Å². The third kappa shape index (κ3) is 3.44. The third-order valence-electron chi connectivity index (χ3n) is 4.32. The zero-order valence-electron chi connectivity index (χ0n) is 15.2. The van der Waals surface area contributed by atoms with E-state index < -0.39 is 0 Å². The minimum atomic E-state index is -0.294. The SMILES string of the molecule is CC#CCOc1ccc2cc(C(c3ccc(C#N)cc3)n3cncn3)oc2c1. The molecule has 2 aromatic carbocycles. The lowest BCUT2D eigenvalue weighted by Crippen LogP contribution is -2.12. The first kappa shape index (κ1) is 17.4. The molecular weight excluding hydrogens is 352 g/mol. The highest BCUT2D eigenvalue weighted by molar-refractivity contribution is 5.79. The summed E-state index contributed by atoms with van der Waals surface area (Å²) in [7, 11) is 0. The van der Waals surface area contributed by atoms with Crippen LogP contribution in [0.3, 0.4) is 0 Å². The molecule has 0 saturated heterocycles. The van der Waals surface area contributed by atoms with Crippen LogP contribution in [0.15, 0.2) is 65.6 Å². The lowest BCUT2D eigenvalue weighted by Gasteiger charge is -2.15. The Morgan fingerprint density at radius 2 is 2.04 bits per heavy atom. The summed E-state index contributed by atoms with van der Waals surface area (Å²) in [5, 5.41) is 14.3. The van der Waals surface area contributed by atoms with Gasteiger partial charge in [-0.2, -0.15) is 10.4 Å². The molecule has 0 spiro atoms. The zero-order chi connectivity index (χ0) is 19.3. The van der Waals surface area contributed by atoms with Crippen LogP contribution in [0.25, 0.3) is 11.0 Å². The van der Waals surface area contributed by atoms with Crippen molar-refractivity contribution in [1.82, 2.24) is 14.8 Å². The van der Waals surface area contributed by atoms with Gasteiger partial charge in [-0.05, 0) is 42.8 Å². The Balaban J connectivity index is 1.74. The number of hydrogen-bond acceptors (Lipinski definition) is 5. The number of rotatable bonds is 5. The van der Waals surface area contributed by atoms with Gasteiger partial charge >= 0.3 is 0 Å². The highest BCUT2D eigenvalue weighted by Crippen LogP contribution is 2.32. The van der Waals surface area contributed by atoms with E-state index in [1.807, 2.05) is 36.4 Å². The maximum Gasteiger partial charge on any atom is 0.149 e. The van der Waals surface area contributed by atoms with E-state index in [1.54, 1.807) is 30.1 Å². The lowest BCUT2D eigenvalue weighted by atomic mass is 10.0. The van der Waals surface area contributed by atoms with E-state index in [0.717, 1.165) is 22.3 Å². The molecule has 0 fully saturated rings. The molecule has 0 aliphatic rings. The molecule has 1 atom stereocenters. The van der Waals surface area contributed by atoms with Crippen LogP contribution in [0.4, 0.5) is 0 Å². The molecule has 0 amide bonds. The van der Waals surface area contributed by atoms with Gasteiger partial charge in [-0.25, -0.2) is 9.67 Å². The van der Waals surface area contributed by atoms with Crippen molar-refractivity contribution in [2.24, 2.45) is 0 Å². The van der Waals surface area contributed by atoms with Crippen molar-refractivity contribution in [2.75, 3.05) is 6.61 Å². The van der Waals surface area contributed by atoms with E-state index in [1.165, 1.54) is 6.33 Å². The molecule has 4 rings (SSSR count). The summed E-state index contributed by atoms with van der Waals surface area (Å²) in [6, 6.07) is 16.9. The molecule has 28 heavy (non-hydrogen) atoms. The molecule has 0 bridgehead atoms. The molecule has 6 nitrogen and oxygen atoms in total. The third-order valence-corrected chi connectivity index (χ3v) is 4.32. The first-order chi connectivity index (χ1) is 13.8. The normalized spacial score (nSPS) is 11.4. The predicted molar refractivity (Wildman–Crippen MR) is 104 cm³/mol. The number of fused-ring (bicyclic) bond motifs is 1. The van der Waals surface area contributed by atoms with Crippen molar-refractivity contribution in [2.45, 2.75) is 13.0 Å². The average molecular weight is 368 g/mol. The van der Waals surface area contributed by atoms with Crippen molar-refractivity contribution >= 4 is 11.0 Å². The highest BCUT2D eigenvalue weighted by Gasteiger charge is 2.21.